The van der Waals surface area contributed by atoms with Crippen LogP contribution in [-0.2, 0) is 20.7 Å². The number of fused-ring (bicyclic) bond motifs is 1. The molecule has 0 unspecified atom stereocenters. The van der Waals surface area contributed by atoms with Crippen LogP contribution in [0.5, 0.6) is 5.75 Å². The summed E-state index contributed by atoms with van der Waals surface area (Å²) in [6, 6.07) is 8.18. The number of aliphatic hydroxyl groups excluding tert-OH is 1. The van der Waals surface area contributed by atoms with Gasteiger partial charge in [-0.2, -0.15) is 0 Å². The molecule has 2 saturated heterocycles. The van der Waals surface area contributed by atoms with Gasteiger partial charge in [0.15, 0.2) is 0 Å². The largest absolute Gasteiger partial charge is 0.507 e. The second kappa shape index (κ2) is 9.27. The fourth-order valence-electron chi connectivity index (χ4n) is 5.02. The Bertz CT molecular complexity index is 1130. The van der Waals surface area contributed by atoms with Crippen molar-refractivity contribution >= 4 is 17.4 Å². The van der Waals surface area contributed by atoms with E-state index in [0.29, 0.717) is 43.3 Å². The van der Waals surface area contributed by atoms with Crippen molar-refractivity contribution in [2.75, 3.05) is 39.4 Å². The molecule has 2 fully saturated rings. The highest BCUT2D eigenvalue weighted by Crippen LogP contribution is 2.41. The molecule has 1 aromatic heterocycles. The SMILES string of the molecule is Cc1ccc([C@@H]2/C(=C(\O)c3ccc4c(c3)C[C@H](C)O4)C(=O)C(=O)N2CCCN2CCOCC2)o1. The van der Waals surface area contributed by atoms with Crippen molar-refractivity contribution in [2.24, 2.45) is 0 Å². The number of Topliss-reactive ketones (excluding diaryl/α,β-unsaturated/α-hetero) is 1. The van der Waals surface area contributed by atoms with Gasteiger partial charge >= 0.3 is 0 Å². The molecule has 3 aliphatic rings. The van der Waals surface area contributed by atoms with Gasteiger partial charge in [-0.05, 0) is 56.2 Å². The number of benzene rings is 1. The second-order valence-electron chi connectivity index (χ2n) is 9.20. The summed E-state index contributed by atoms with van der Waals surface area (Å²) in [6.45, 7) is 8.14. The van der Waals surface area contributed by atoms with Crippen LogP contribution in [0.3, 0.4) is 0 Å². The van der Waals surface area contributed by atoms with E-state index >= 15 is 0 Å². The number of likely N-dealkylation sites (tertiary alicyclic amines) is 1. The smallest absolute Gasteiger partial charge is 0.295 e. The molecule has 1 amide bonds. The van der Waals surface area contributed by atoms with Crippen molar-refractivity contribution in [3.8, 4) is 5.75 Å². The number of aliphatic hydroxyl groups is 1. The molecular weight excluding hydrogens is 436 g/mol. The molecule has 0 spiro atoms. The van der Waals surface area contributed by atoms with Crippen LogP contribution >= 0.6 is 0 Å². The first-order valence-corrected chi connectivity index (χ1v) is 11.9. The summed E-state index contributed by atoms with van der Waals surface area (Å²) in [4.78, 5) is 30.1. The summed E-state index contributed by atoms with van der Waals surface area (Å²) in [5.74, 6) is 0.454. The predicted molar refractivity (Wildman–Crippen MR) is 125 cm³/mol. The number of furan rings is 1. The van der Waals surface area contributed by atoms with Crippen molar-refractivity contribution in [3.05, 3.63) is 58.6 Å². The number of amides is 1. The molecule has 0 bridgehead atoms. The van der Waals surface area contributed by atoms with E-state index in [1.165, 1.54) is 4.90 Å². The number of hydrogen-bond acceptors (Lipinski definition) is 7. The third kappa shape index (κ3) is 4.23. The summed E-state index contributed by atoms with van der Waals surface area (Å²) < 4.78 is 17.0. The number of nitrogens with zero attached hydrogens (tertiary/aromatic N) is 2. The highest BCUT2D eigenvalue weighted by Gasteiger charge is 2.47. The minimum absolute atomic E-state index is 0.0653. The molecule has 0 saturated carbocycles. The Labute approximate surface area is 198 Å². The first-order valence-electron chi connectivity index (χ1n) is 11.9. The van der Waals surface area contributed by atoms with Crippen LogP contribution in [0.4, 0.5) is 0 Å². The fourth-order valence-corrected chi connectivity index (χ4v) is 5.02. The zero-order valence-electron chi connectivity index (χ0n) is 19.6. The van der Waals surface area contributed by atoms with Crippen molar-refractivity contribution < 1.29 is 28.6 Å². The maximum absolute atomic E-state index is 13.2. The van der Waals surface area contributed by atoms with Gasteiger partial charge in [-0.15, -0.1) is 0 Å². The van der Waals surface area contributed by atoms with Gasteiger partial charge in [-0.3, -0.25) is 14.5 Å². The van der Waals surface area contributed by atoms with Crippen molar-refractivity contribution in [3.63, 3.8) is 0 Å². The van der Waals surface area contributed by atoms with Crippen LogP contribution in [0.25, 0.3) is 5.76 Å². The van der Waals surface area contributed by atoms with Crippen LogP contribution in [-0.4, -0.2) is 72.1 Å². The van der Waals surface area contributed by atoms with Gasteiger partial charge in [0.05, 0.1) is 18.8 Å². The van der Waals surface area contributed by atoms with E-state index < -0.39 is 17.7 Å². The summed E-state index contributed by atoms with van der Waals surface area (Å²) in [5, 5.41) is 11.3. The molecular formula is C26H30N2O6. The Balaban J connectivity index is 1.46. The zero-order chi connectivity index (χ0) is 23.8. The standard InChI is InChI=1S/C26H30N2O6/c1-16-4-6-21(33-16)23-22(24(29)18-5-7-20-19(15-18)14-17(2)34-20)25(30)26(31)28(23)9-3-8-27-10-12-32-13-11-27/h4-7,15,17,23,29H,3,8-14H2,1-2H3/b24-22+/t17-,23+/m0/s1. The van der Waals surface area contributed by atoms with Crippen LogP contribution in [0, 0.1) is 6.92 Å². The maximum atomic E-state index is 13.2. The lowest BCUT2D eigenvalue weighted by molar-refractivity contribution is -0.140. The lowest BCUT2D eigenvalue weighted by Gasteiger charge is -2.28. The monoisotopic (exact) mass is 466 g/mol. The number of rotatable bonds is 6. The van der Waals surface area contributed by atoms with Crippen LogP contribution in [0.2, 0.25) is 0 Å². The Morgan fingerprint density at radius 1 is 1.12 bits per heavy atom. The van der Waals surface area contributed by atoms with Crippen molar-refractivity contribution in [2.45, 2.75) is 38.8 Å². The number of carbonyl (C=O) groups excluding carboxylic acids is 2. The molecule has 3 aliphatic heterocycles. The fraction of sp³-hybridized carbons (Fsp3) is 0.462. The minimum Gasteiger partial charge on any atom is -0.507 e. The molecule has 8 heteroatoms. The molecule has 2 atom stereocenters. The summed E-state index contributed by atoms with van der Waals surface area (Å²) in [5.41, 5.74) is 1.54. The average molecular weight is 467 g/mol. The van der Waals surface area contributed by atoms with E-state index in [1.807, 2.05) is 19.9 Å². The molecule has 0 radical (unpaired) electrons. The molecule has 34 heavy (non-hydrogen) atoms. The van der Waals surface area contributed by atoms with E-state index in [4.69, 9.17) is 13.9 Å². The molecule has 1 N–H and O–H groups in total. The third-order valence-corrected chi connectivity index (χ3v) is 6.72. The average Bonchev–Trinajstić information content (AvgIpc) is 3.49. The summed E-state index contributed by atoms with van der Waals surface area (Å²) in [7, 11) is 0. The first kappa shape index (κ1) is 22.7. The number of carbonyl (C=O) groups is 2. The van der Waals surface area contributed by atoms with Gasteiger partial charge < -0.3 is 23.9 Å². The molecule has 8 nitrogen and oxygen atoms in total. The van der Waals surface area contributed by atoms with Gasteiger partial charge in [0.2, 0.25) is 0 Å². The molecule has 1 aromatic carbocycles. The Morgan fingerprint density at radius 2 is 1.91 bits per heavy atom. The Kier molecular flexibility index (Phi) is 6.18. The van der Waals surface area contributed by atoms with Crippen LogP contribution < -0.4 is 4.74 Å². The first-order chi connectivity index (χ1) is 16.4. The number of aryl methyl sites for hydroxylation is 1. The molecule has 4 heterocycles. The van der Waals surface area contributed by atoms with Crippen molar-refractivity contribution in [1.29, 1.82) is 0 Å². The van der Waals surface area contributed by atoms with Crippen LogP contribution in [0.1, 0.15) is 42.0 Å². The minimum atomic E-state index is -0.762. The lowest BCUT2D eigenvalue weighted by atomic mass is 9.97. The summed E-state index contributed by atoms with van der Waals surface area (Å²) >= 11 is 0. The number of hydrogen-bond donors (Lipinski definition) is 1. The summed E-state index contributed by atoms with van der Waals surface area (Å²) in [6.07, 6.45) is 1.50. The normalized spacial score (nSPS) is 24.5. The highest BCUT2D eigenvalue weighted by molar-refractivity contribution is 6.46. The number of morpholine rings is 1. The van der Waals surface area contributed by atoms with Gasteiger partial charge in [0.1, 0.15) is 35.2 Å². The van der Waals surface area contributed by atoms with E-state index in [0.717, 1.165) is 37.4 Å². The molecule has 5 rings (SSSR count). The predicted octanol–water partition coefficient (Wildman–Crippen LogP) is 3.06. The van der Waals surface area contributed by atoms with E-state index in [2.05, 4.69) is 4.90 Å². The van der Waals surface area contributed by atoms with Gasteiger partial charge in [-0.25, -0.2) is 0 Å². The third-order valence-electron chi connectivity index (χ3n) is 6.72. The van der Waals surface area contributed by atoms with Gasteiger partial charge in [0.25, 0.3) is 11.7 Å². The Morgan fingerprint density at radius 3 is 2.65 bits per heavy atom. The number of ether oxygens (including phenoxy) is 2. The zero-order valence-corrected chi connectivity index (χ0v) is 19.6. The molecule has 0 aliphatic carbocycles. The quantitative estimate of drug-likeness (QED) is 0.397. The second-order valence-corrected chi connectivity index (χ2v) is 9.20. The Hall–Kier alpha value is -3.10. The van der Waals surface area contributed by atoms with E-state index in [1.54, 1.807) is 24.3 Å². The van der Waals surface area contributed by atoms with Gasteiger partial charge in [-0.1, -0.05) is 0 Å². The van der Waals surface area contributed by atoms with Crippen molar-refractivity contribution in [1.82, 2.24) is 9.80 Å². The van der Waals surface area contributed by atoms with Crippen LogP contribution in [0.15, 0.2) is 40.3 Å². The van der Waals surface area contributed by atoms with E-state index in [-0.39, 0.29) is 17.4 Å². The van der Waals surface area contributed by atoms with Gasteiger partial charge in [0, 0.05) is 38.2 Å². The topological polar surface area (TPSA) is 92.5 Å². The maximum Gasteiger partial charge on any atom is 0.295 e. The molecule has 2 aromatic rings. The molecule has 180 valence electrons. The lowest BCUT2D eigenvalue weighted by Crippen LogP contribution is -2.38. The number of ketones is 1. The highest BCUT2D eigenvalue weighted by atomic mass is 16.5. The van der Waals surface area contributed by atoms with E-state index in [9.17, 15) is 14.7 Å².